The number of hydrogen-bond donors (Lipinski definition) is 1. The maximum atomic E-state index is 11.0. The minimum absolute atomic E-state index is 0.00651. The molecule has 0 saturated carbocycles. The molecule has 11 heteroatoms. The highest BCUT2D eigenvalue weighted by atomic mass is 35.5. The smallest absolute Gasteiger partial charge is 0.311 e. The molecule has 2 aromatic rings. The van der Waals surface area contributed by atoms with Crippen LogP contribution in [0.25, 0.3) is 0 Å². The van der Waals surface area contributed by atoms with E-state index in [-0.39, 0.29) is 17.1 Å². The highest BCUT2D eigenvalue weighted by Crippen LogP contribution is 2.32. The van der Waals surface area contributed by atoms with Gasteiger partial charge in [0.1, 0.15) is 0 Å². The van der Waals surface area contributed by atoms with Gasteiger partial charge in [0.15, 0.2) is 11.5 Å². The monoisotopic (exact) mass is 446 g/mol. The maximum Gasteiger partial charge on any atom is 0.311 e. The summed E-state index contributed by atoms with van der Waals surface area (Å²) in [5.74, 6) is 0.594. The molecule has 0 amide bonds. The number of ether oxygens (including phenoxy) is 1. The van der Waals surface area contributed by atoms with Gasteiger partial charge in [0, 0.05) is 41.6 Å². The predicted molar refractivity (Wildman–Crippen MR) is 116 cm³/mol. The first kappa shape index (κ1) is 22.2. The average molecular weight is 447 g/mol. The number of benzene rings is 2. The Hall–Kier alpha value is -3.53. The van der Waals surface area contributed by atoms with E-state index in [2.05, 4.69) is 9.98 Å². The van der Waals surface area contributed by atoms with Gasteiger partial charge in [0.2, 0.25) is 0 Å². The van der Waals surface area contributed by atoms with Crippen molar-refractivity contribution in [2.24, 2.45) is 9.98 Å². The molecule has 1 N–H and O–H groups in total. The Morgan fingerprint density at radius 2 is 1.52 bits per heavy atom. The molecule has 0 fully saturated rings. The number of aliphatic imine (C=N–C) groups is 2. The zero-order valence-electron chi connectivity index (χ0n) is 16.4. The highest BCUT2D eigenvalue weighted by Gasteiger charge is 2.20. The first-order valence-electron chi connectivity index (χ1n) is 9.40. The number of nitro groups is 2. The van der Waals surface area contributed by atoms with Crippen LogP contribution in [0.5, 0.6) is 11.5 Å². The molecular formula is C20H19ClN4O6. The van der Waals surface area contributed by atoms with Crippen LogP contribution < -0.4 is 4.74 Å². The number of nitro benzene ring substituents is 2. The lowest BCUT2D eigenvalue weighted by atomic mass is 10.1. The number of fused-ring (bicyclic) bond motifs is 2. The second-order valence-corrected chi connectivity index (χ2v) is 7.13. The summed E-state index contributed by atoms with van der Waals surface area (Å²) in [6.07, 6.45) is 4.85. The molecule has 0 atom stereocenters. The molecule has 2 aliphatic rings. The van der Waals surface area contributed by atoms with Gasteiger partial charge in [-0.2, -0.15) is 0 Å². The summed E-state index contributed by atoms with van der Waals surface area (Å²) < 4.78 is 5.47. The lowest BCUT2D eigenvalue weighted by Crippen LogP contribution is -2.02. The predicted octanol–water partition coefficient (Wildman–Crippen LogP) is 4.16. The van der Waals surface area contributed by atoms with Crippen LogP contribution >= 0.6 is 11.6 Å². The maximum absolute atomic E-state index is 11.0. The normalized spacial score (nSPS) is 12.7. The van der Waals surface area contributed by atoms with Crippen LogP contribution in [-0.4, -0.2) is 39.9 Å². The number of nitrogens with zero attached hydrogens (tertiary/aromatic N) is 4. The number of phenols is 1. The van der Waals surface area contributed by atoms with E-state index < -0.39 is 9.85 Å². The Bertz CT molecular complexity index is 1070. The molecule has 2 heterocycles. The van der Waals surface area contributed by atoms with Crippen molar-refractivity contribution >= 4 is 35.4 Å². The Labute approximate surface area is 182 Å². The zero-order chi connectivity index (χ0) is 22.4. The third-order valence-electron chi connectivity index (χ3n) is 4.62. The molecule has 2 aromatic carbocycles. The number of unbranched alkanes of at least 4 members (excludes halogenated alkanes) is 1. The van der Waals surface area contributed by atoms with Gasteiger partial charge < -0.3 is 9.84 Å². The van der Waals surface area contributed by atoms with Crippen molar-refractivity contribution in [2.75, 3.05) is 12.5 Å². The van der Waals surface area contributed by atoms with Crippen LogP contribution in [0, 0.1) is 20.2 Å². The summed E-state index contributed by atoms with van der Waals surface area (Å²) in [6, 6.07) is 5.95. The largest absolute Gasteiger partial charge is 0.502 e. The fourth-order valence-corrected chi connectivity index (χ4v) is 3.23. The first-order chi connectivity index (χ1) is 14.9. The van der Waals surface area contributed by atoms with E-state index in [1.807, 2.05) is 0 Å². The lowest BCUT2D eigenvalue weighted by molar-refractivity contribution is -0.386. The Morgan fingerprint density at radius 1 is 0.935 bits per heavy atom. The van der Waals surface area contributed by atoms with Crippen molar-refractivity contribution in [3.8, 4) is 11.5 Å². The van der Waals surface area contributed by atoms with E-state index in [4.69, 9.17) is 16.3 Å². The van der Waals surface area contributed by atoms with Gasteiger partial charge in [-0.15, -0.1) is 11.6 Å². The van der Waals surface area contributed by atoms with Gasteiger partial charge in [-0.1, -0.05) is 0 Å². The average Bonchev–Trinajstić information content (AvgIpc) is 3.38. The first-order valence-corrected chi connectivity index (χ1v) is 9.94. The fraction of sp³-hybridized carbons (Fsp3) is 0.300. The van der Waals surface area contributed by atoms with Crippen LogP contribution in [0.2, 0.25) is 0 Å². The summed E-state index contributed by atoms with van der Waals surface area (Å²) in [5.41, 5.74) is 3.02. The van der Waals surface area contributed by atoms with Gasteiger partial charge in [-0.05, 0) is 36.1 Å². The molecule has 0 unspecified atom stereocenters. The number of aromatic hydroxyl groups is 1. The van der Waals surface area contributed by atoms with Crippen molar-refractivity contribution in [1.29, 1.82) is 0 Å². The lowest BCUT2D eigenvalue weighted by Gasteiger charge is -2.08. The molecule has 162 valence electrons. The minimum Gasteiger partial charge on any atom is -0.502 e. The third kappa shape index (κ3) is 5.34. The Morgan fingerprint density at radius 3 is 2.10 bits per heavy atom. The number of rotatable bonds is 7. The molecule has 0 saturated heterocycles. The van der Waals surface area contributed by atoms with E-state index in [0.29, 0.717) is 36.9 Å². The van der Waals surface area contributed by atoms with Crippen LogP contribution in [0.15, 0.2) is 34.3 Å². The minimum atomic E-state index is -0.609. The molecule has 4 rings (SSSR count). The molecule has 31 heavy (non-hydrogen) atoms. The molecule has 0 aromatic heterocycles. The summed E-state index contributed by atoms with van der Waals surface area (Å²) in [7, 11) is 0. The second kappa shape index (κ2) is 9.98. The molecular weight excluding hydrogens is 428 g/mol. The van der Waals surface area contributed by atoms with Crippen molar-refractivity contribution in [2.45, 2.75) is 25.9 Å². The molecule has 10 nitrogen and oxygen atoms in total. The Kier molecular flexibility index (Phi) is 7.14. The standard InChI is InChI=1S/C12H13ClN2O3.C8H6N2O3/c13-3-1-2-4-18-12-6-10-8-14-7-9(10)5-11(12)15(16)17;11-8-2-6-4-9-3-5(6)1-7(8)10(12)13/h5-7H,1-4,8H2;1-3,11H,4H2. The van der Waals surface area contributed by atoms with Crippen LogP contribution in [0.3, 0.4) is 0 Å². The van der Waals surface area contributed by atoms with Crippen molar-refractivity contribution < 1.29 is 19.7 Å². The van der Waals surface area contributed by atoms with Gasteiger partial charge in [-0.25, -0.2) is 0 Å². The molecule has 0 radical (unpaired) electrons. The second-order valence-electron chi connectivity index (χ2n) is 6.76. The molecule has 2 aliphatic heterocycles. The SMILES string of the molecule is O=[N+]([O-])c1cc2c(cc1O)CN=C2.O=[N+]([O-])c1cc2c(cc1OCCCCCl)CN=C2. The topological polar surface area (TPSA) is 140 Å². The van der Waals surface area contributed by atoms with Crippen LogP contribution in [0.4, 0.5) is 11.4 Å². The summed E-state index contributed by atoms with van der Waals surface area (Å²) in [6.45, 7) is 1.49. The summed E-state index contributed by atoms with van der Waals surface area (Å²) in [5, 5.41) is 30.6. The van der Waals surface area contributed by atoms with Crippen LogP contribution in [0.1, 0.15) is 35.1 Å². The number of alkyl halides is 1. The van der Waals surface area contributed by atoms with Crippen LogP contribution in [-0.2, 0) is 13.1 Å². The molecule has 0 bridgehead atoms. The molecule has 0 aliphatic carbocycles. The van der Waals surface area contributed by atoms with Crippen molar-refractivity contribution in [3.05, 3.63) is 66.7 Å². The van der Waals surface area contributed by atoms with Gasteiger partial charge in [-0.3, -0.25) is 30.2 Å². The Balaban J connectivity index is 0.000000185. The fourth-order valence-electron chi connectivity index (χ4n) is 3.04. The van der Waals surface area contributed by atoms with Crippen molar-refractivity contribution in [3.63, 3.8) is 0 Å². The number of hydrogen-bond acceptors (Lipinski definition) is 8. The quantitative estimate of drug-likeness (QED) is 0.293. The third-order valence-corrected chi connectivity index (χ3v) is 4.89. The zero-order valence-corrected chi connectivity index (χ0v) is 17.1. The highest BCUT2D eigenvalue weighted by molar-refractivity contribution is 6.17. The van der Waals surface area contributed by atoms with E-state index in [0.717, 1.165) is 29.5 Å². The number of halogens is 1. The van der Waals surface area contributed by atoms with Crippen molar-refractivity contribution in [1.82, 2.24) is 0 Å². The van der Waals surface area contributed by atoms with E-state index in [1.165, 1.54) is 18.2 Å². The summed E-state index contributed by atoms with van der Waals surface area (Å²) >= 11 is 5.56. The number of phenolic OH excluding ortho intramolecular Hbond substituents is 1. The molecule has 0 spiro atoms. The van der Waals surface area contributed by atoms with Gasteiger partial charge in [0.05, 0.1) is 29.5 Å². The van der Waals surface area contributed by atoms with E-state index >= 15 is 0 Å². The van der Waals surface area contributed by atoms with Gasteiger partial charge in [0.25, 0.3) is 0 Å². The van der Waals surface area contributed by atoms with E-state index in [1.54, 1.807) is 18.5 Å². The van der Waals surface area contributed by atoms with E-state index in [9.17, 15) is 25.3 Å². The summed E-state index contributed by atoms with van der Waals surface area (Å²) in [4.78, 5) is 28.4. The van der Waals surface area contributed by atoms with Gasteiger partial charge >= 0.3 is 11.4 Å².